The van der Waals surface area contributed by atoms with Gasteiger partial charge in [0.15, 0.2) is 0 Å². The van der Waals surface area contributed by atoms with Gasteiger partial charge in [-0.05, 0) is 12.8 Å². The number of nitrogens with one attached hydrogen (secondary N) is 1. The highest BCUT2D eigenvalue weighted by molar-refractivity contribution is 7.13. The first-order valence-corrected chi connectivity index (χ1v) is 4.53. The molecule has 3 nitrogen and oxygen atoms in total. The summed E-state index contributed by atoms with van der Waals surface area (Å²) in [5.74, 6) is 0. The van der Waals surface area contributed by atoms with Crippen molar-refractivity contribution in [2.45, 2.75) is 24.6 Å². The molecule has 13 heavy (non-hydrogen) atoms. The largest absolute Gasteiger partial charge is 0.411 e. The lowest BCUT2D eigenvalue weighted by Crippen LogP contribution is -2.38. The normalized spacial score (nSPS) is 19.9. The van der Waals surface area contributed by atoms with Gasteiger partial charge in [0.25, 0.3) is 0 Å². The molecule has 1 aliphatic rings. The summed E-state index contributed by atoms with van der Waals surface area (Å²) in [6.07, 6.45) is -3.95. The van der Waals surface area contributed by atoms with Gasteiger partial charge < -0.3 is 5.32 Å². The van der Waals surface area contributed by atoms with Crippen LogP contribution in [-0.2, 0) is 0 Å². The Balaban J connectivity index is 2.10. The molecule has 1 aliphatic carbocycles. The van der Waals surface area contributed by atoms with Crippen LogP contribution in [0.5, 0.6) is 0 Å². The minimum Gasteiger partial charge on any atom is -0.346 e. The zero-order valence-corrected chi connectivity index (χ0v) is 7.24. The average molecular weight is 209 g/mol. The quantitative estimate of drug-likeness (QED) is 0.810. The summed E-state index contributed by atoms with van der Waals surface area (Å²) < 4.78 is 37.1. The Bertz CT molecular complexity index is 291. The topological polar surface area (TPSA) is 37.8 Å². The number of anilines is 1. The molecule has 0 aliphatic heterocycles. The van der Waals surface area contributed by atoms with E-state index in [4.69, 9.17) is 0 Å². The fourth-order valence-electron chi connectivity index (χ4n) is 1.04. The zero-order valence-electron chi connectivity index (χ0n) is 6.43. The van der Waals surface area contributed by atoms with E-state index in [1.54, 1.807) is 0 Å². The Morgan fingerprint density at radius 1 is 1.46 bits per heavy atom. The van der Waals surface area contributed by atoms with Crippen LogP contribution in [0.25, 0.3) is 0 Å². The molecule has 1 saturated carbocycles. The van der Waals surface area contributed by atoms with Gasteiger partial charge >= 0.3 is 6.18 Å². The van der Waals surface area contributed by atoms with E-state index in [9.17, 15) is 13.2 Å². The van der Waals surface area contributed by atoms with E-state index < -0.39 is 11.7 Å². The molecule has 1 aromatic rings. The van der Waals surface area contributed by atoms with Crippen molar-refractivity contribution in [1.29, 1.82) is 0 Å². The maximum Gasteiger partial charge on any atom is 0.411 e. The van der Waals surface area contributed by atoms with Crippen molar-refractivity contribution in [2.75, 3.05) is 5.32 Å². The number of alkyl halides is 3. The number of hydrogen-bond acceptors (Lipinski definition) is 4. The predicted octanol–water partition coefficient (Wildman–Crippen LogP) is 2.04. The molecule has 7 heteroatoms. The molecule has 72 valence electrons. The summed E-state index contributed by atoms with van der Waals surface area (Å²) in [6.45, 7) is 0. The summed E-state index contributed by atoms with van der Waals surface area (Å²) in [4.78, 5) is 0. The lowest BCUT2D eigenvalue weighted by molar-refractivity contribution is -0.151. The van der Waals surface area contributed by atoms with Crippen molar-refractivity contribution < 1.29 is 13.2 Å². The lowest BCUT2D eigenvalue weighted by atomic mass is 10.3. The van der Waals surface area contributed by atoms with Crippen LogP contribution in [0.3, 0.4) is 0 Å². The minimum absolute atomic E-state index is 0.121. The Morgan fingerprint density at radius 3 is 2.54 bits per heavy atom. The molecule has 1 fully saturated rings. The Morgan fingerprint density at radius 2 is 2.15 bits per heavy atom. The standard InChI is InChI=1S/C6H6F3N3S/c7-6(8,9)5(1-2-5)11-4-12-10-3-13-4/h3H,1-2H2,(H,11,12). The third-order valence-corrected chi connectivity index (χ3v) is 2.61. The first kappa shape index (κ1) is 8.74. The first-order chi connectivity index (χ1) is 6.04. The van der Waals surface area contributed by atoms with Crippen molar-refractivity contribution in [3.05, 3.63) is 5.51 Å². The monoisotopic (exact) mass is 209 g/mol. The van der Waals surface area contributed by atoms with Crippen molar-refractivity contribution in [3.8, 4) is 0 Å². The van der Waals surface area contributed by atoms with Crippen LogP contribution < -0.4 is 5.32 Å². The lowest BCUT2D eigenvalue weighted by Gasteiger charge is -2.19. The van der Waals surface area contributed by atoms with Crippen molar-refractivity contribution in [3.63, 3.8) is 0 Å². The summed E-state index contributed by atoms with van der Waals surface area (Å²) in [5.41, 5.74) is -0.332. The van der Waals surface area contributed by atoms with Gasteiger partial charge in [-0.15, -0.1) is 10.2 Å². The summed E-state index contributed by atoms with van der Waals surface area (Å²) >= 11 is 1.07. The van der Waals surface area contributed by atoms with Gasteiger partial charge in [-0.1, -0.05) is 11.3 Å². The predicted molar refractivity (Wildman–Crippen MR) is 41.6 cm³/mol. The molecule has 1 N–H and O–H groups in total. The van der Waals surface area contributed by atoms with Crippen LogP contribution >= 0.6 is 11.3 Å². The minimum atomic E-state index is -4.20. The maximum atomic E-state index is 12.4. The van der Waals surface area contributed by atoms with Gasteiger partial charge in [-0.3, -0.25) is 0 Å². The summed E-state index contributed by atoms with van der Waals surface area (Å²) in [7, 11) is 0. The van der Waals surface area contributed by atoms with E-state index in [0.29, 0.717) is 0 Å². The molecular formula is C6H6F3N3S. The van der Waals surface area contributed by atoms with Gasteiger partial charge in [0, 0.05) is 0 Å². The van der Waals surface area contributed by atoms with Crippen LogP contribution in [0, 0.1) is 0 Å². The molecule has 1 aromatic heterocycles. The van der Waals surface area contributed by atoms with E-state index in [0.717, 1.165) is 11.3 Å². The number of hydrogen-bond donors (Lipinski definition) is 1. The van der Waals surface area contributed by atoms with E-state index in [1.807, 2.05) is 0 Å². The van der Waals surface area contributed by atoms with Crippen molar-refractivity contribution in [1.82, 2.24) is 10.2 Å². The fraction of sp³-hybridized carbons (Fsp3) is 0.667. The van der Waals surface area contributed by atoms with E-state index in [1.165, 1.54) is 5.51 Å². The number of halogens is 3. The SMILES string of the molecule is FC(F)(F)C1(Nc2nncs2)CC1. The number of aromatic nitrogens is 2. The fourth-order valence-corrected chi connectivity index (χ4v) is 1.58. The smallest absolute Gasteiger partial charge is 0.346 e. The zero-order chi connectivity index (χ0) is 9.53. The molecule has 1 heterocycles. The molecule has 0 bridgehead atoms. The molecular weight excluding hydrogens is 203 g/mol. The highest BCUT2D eigenvalue weighted by atomic mass is 32.1. The highest BCUT2D eigenvalue weighted by Crippen LogP contribution is 2.51. The average Bonchev–Trinajstić information content (AvgIpc) is 2.59. The Labute approximate surface area is 76.0 Å². The molecule has 0 amide bonds. The van der Waals surface area contributed by atoms with Crippen LogP contribution in [0.4, 0.5) is 18.3 Å². The third-order valence-electron chi connectivity index (χ3n) is 2.00. The second kappa shape index (κ2) is 2.57. The van der Waals surface area contributed by atoms with Gasteiger partial charge in [0.1, 0.15) is 11.0 Å². The highest BCUT2D eigenvalue weighted by Gasteiger charge is 2.63. The van der Waals surface area contributed by atoms with Crippen LogP contribution in [-0.4, -0.2) is 21.9 Å². The van der Waals surface area contributed by atoms with Gasteiger partial charge in [0.05, 0.1) is 0 Å². The van der Waals surface area contributed by atoms with Gasteiger partial charge in [0.2, 0.25) is 5.13 Å². The molecule has 0 saturated heterocycles. The second-order valence-corrected chi connectivity index (χ2v) is 3.78. The first-order valence-electron chi connectivity index (χ1n) is 3.65. The second-order valence-electron chi connectivity index (χ2n) is 2.95. The van der Waals surface area contributed by atoms with Crippen molar-refractivity contribution in [2.24, 2.45) is 0 Å². The maximum absolute atomic E-state index is 12.4. The van der Waals surface area contributed by atoms with E-state index in [-0.39, 0.29) is 18.0 Å². The Hall–Kier alpha value is -0.850. The molecule has 0 aromatic carbocycles. The summed E-state index contributed by atoms with van der Waals surface area (Å²) in [5, 5.41) is 9.57. The van der Waals surface area contributed by atoms with Gasteiger partial charge in [-0.25, -0.2) is 0 Å². The molecule has 0 atom stereocenters. The summed E-state index contributed by atoms with van der Waals surface area (Å²) in [6, 6.07) is 0. The van der Waals surface area contributed by atoms with Crippen LogP contribution in [0.1, 0.15) is 12.8 Å². The van der Waals surface area contributed by atoms with Crippen molar-refractivity contribution >= 4 is 16.5 Å². The molecule has 0 spiro atoms. The Kier molecular flexibility index (Phi) is 1.73. The molecule has 0 unspecified atom stereocenters. The van der Waals surface area contributed by atoms with E-state index >= 15 is 0 Å². The van der Waals surface area contributed by atoms with Crippen LogP contribution in [0.15, 0.2) is 5.51 Å². The third kappa shape index (κ3) is 1.48. The van der Waals surface area contributed by atoms with Crippen LogP contribution in [0.2, 0.25) is 0 Å². The van der Waals surface area contributed by atoms with E-state index in [2.05, 4.69) is 15.5 Å². The molecule has 0 radical (unpaired) electrons. The van der Waals surface area contributed by atoms with Gasteiger partial charge in [-0.2, -0.15) is 13.2 Å². The number of nitrogens with zero attached hydrogens (tertiary/aromatic N) is 2. The number of rotatable bonds is 2. The molecule has 2 rings (SSSR count).